The third kappa shape index (κ3) is 1.18. The number of nitrogens with one attached hydrogen (secondary N) is 1. The summed E-state index contributed by atoms with van der Waals surface area (Å²) >= 11 is 11.5. The quantitative estimate of drug-likeness (QED) is 0.645. The molecule has 0 aliphatic heterocycles. The van der Waals surface area contributed by atoms with Crippen LogP contribution in [0, 0.1) is 6.92 Å². The van der Waals surface area contributed by atoms with E-state index in [0.29, 0.717) is 15.9 Å². The van der Waals surface area contributed by atoms with Crippen LogP contribution in [0.25, 0.3) is 0 Å². The van der Waals surface area contributed by atoms with Gasteiger partial charge in [0.1, 0.15) is 11.2 Å². The maximum Gasteiger partial charge on any atom is 0.289 e. The van der Waals surface area contributed by atoms with Gasteiger partial charge in [-0.2, -0.15) is 0 Å². The van der Waals surface area contributed by atoms with Gasteiger partial charge in [-0.3, -0.25) is 5.73 Å². The van der Waals surface area contributed by atoms with Gasteiger partial charge in [0.2, 0.25) is 0 Å². The molecule has 0 spiro atoms. The molecule has 2 nitrogen and oxygen atoms in total. The number of hydrogen-bond acceptors (Lipinski definition) is 1. The van der Waals surface area contributed by atoms with Crippen molar-refractivity contribution in [3.05, 3.63) is 21.8 Å². The molecule has 0 aliphatic carbocycles. The van der Waals surface area contributed by atoms with Crippen LogP contribution in [0.5, 0.6) is 0 Å². The van der Waals surface area contributed by atoms with Gasteiger partial charge in [-0.1, -0.05) is 23.2 Å². The topological polar surface area (TPSA) is 40.2 Å². The van der Waals surface area contributed by atoms with Gasteiger partial charge in [0.15, 0.2) is 0 Å². The largest absolute Gasteiger partial charge is 0.289 e. The van der Waals surface area contributed by atoms with Crippen LogP contribution < -0.4 is 10.7 Å². The first-order valence-electron chi connectivity index (χ1n) is 2.74. The van der Waals surface area contributed by atoms with E-state index >= 15 is 0 Å². The van der Waals surface area contributed by atoms with Gasteiger partial charge in [-0.05, 0) is 12.5 Å². The lowest BCUT2D eigenvalue weighted by atomic mass is 10.3. The average molecular weight is 178 g/mol. The Morgan fingerprint density at radius 3 is 2.60 bits per heavy atom. The minimum atomic E-state index is 0.448. The molecule has 0 saturated carbocycles. The van der Waals surface area contributed by atoms with Crippen LogP contribution in [-0.2, 0) is 0 Å². The number of H-pyrrole nitrogens is 1. The Kier molecular flexibility index (Phi) is 2.02. The lowest BCUT2D eigenvalue weighted by Gasteiger charge is -1.97. The molecular formula is C6H7Cl2N2+. The highest BCUT2D eigenvalue weighted by Gasteiger charge is 2.08. The van der Waals surface area contributed by atoms with E-state index in [9.17, 15) is 0 Å². The molecule has 1 heterocycles. The first-order chi connectivity index (χ1) is 4.63. The summed E-state index contributed by atoms with van der Waals surface area (Å²) in [5, 5.41) is 1.09. The molecule has 0 atom stereocenters. The van der Waals surface area contributed by atoms with Crippen molar-refractivity contribution in [2.45, 2.75) is 6.92 Å². The molecule has 0 aliphatic rings. The lowest BCUT2D eigenvalue weighted by molar-refractivity contribution is -0.360. The second-order valence-corrected chi connectivity index (χ2v) is 2.77. The Bertz CT molecular complexity index is 233. The number of hydrogen-bond donors (Lipinski definition) is 1. The first kappa shape index (κ1) is 7.63. The number of rotatable bonds is 0. The van der Waals surface area contributed by atoms with Crippen molar-refractivity contribution in [3.63, 3.8) is 0 Å². The van der Waals surface area contributed by atoms with Crippen molar-refractivity contribution in [1.82, 2.24) is 0 Å². The van der Waals surface area contributed by atoms with E-state index in [-0.39, 0.29) is 0 Å². The third-order valence-corrected chi connectivity index (χ3v) is 2.16. The summed E-state index contributed by atoms with van der Waals surface area (Å²) in [5.41, 5.74) is 6.25. The van der Waals surface area contributed by atoms with Crippen molar-refractivity contribution in [3.8, 4) is 0 Å². The van der Waals surface area contributed by atoms with Crippen molar-refractivity contribution in [1.29, 1.82) is 0 Å². The molecule has 1 rings (SSSR count). The van der Waals surface area contributed by atoms with E-state index in [1.165, 1.54) is 0 Å². The molecule has 0 bridgehead atoms. The fourth-order valence-corrected chi connectivity index (χ4v) is 0.973. The Balaban J connectivity index is 3.34. The molecule has 0 fully saturated rings. The van der Waals surface area contributed by atoms with E-state index in [1.54, 1.807) is 6.20 Å². The number of nitrogens with two attached hydrogens (primary N) is 1. The van der Waals surface area contributed by atoms with Crippen LogP contribution in [0.15, 0.2) is 6.20 Å². The van der Waals surface area contributed by atoms with Crippen LogP contribution in [0.4, 0.5) is 5.82 Å². The van der Waals surface area contributed by atoms with E-state index in [0.717, 1.165) is 5.56 Å². The highest BCUT2D eigenvalue weighted by atomic mass is 35.5. The number of aromatic nitrogens is 1. The second-order valence-electron chi connectivity index (χ2n) is 1.99. The molecule has 0 radical (unpaired) electrons. The summed E-state index contributed by atoms with van der Waals surface area (Å²) < 4.78 is 0. The standard InChI is InChI=1S/C6H6Cl2N2/c1-3-4(7)2-10-6(9)5(3)8/h2H,1H3,(H2,9,10)/p+1. The predicted molar refractivity (Wildman–Crippen MR) is 42.2 cm³/mol. The van der Waals surface area contributed by atoms with Gasteiger partial charge >= 0.3 is 0 Å². The van der Waals surface area contributed by atoms with Crippen LogP contribution in [0.2, 0.25) is 10.0 Å². The van der Waals surface area contributed by atoms with Gasteiger partial charge in [0.05, 0.1) is 5.02 Å². The molecule has 1 aromatic heterocycles. The fraction of sp³-hybridized carbons (Fsp3) is 0.167. The Morgan fingerprint density at radius 2 is 2.10 bits per heavy atom. The predicted octanol–water partition coefficient (Wildman–Crippen LogP) is 1.70. The molecule has 0 saturated heterocycles. The summed E-state index contributed by atoms with van der Waals surface area (Å²) in [6.45, 7) is 1.81. The number of anilines is 1. The summed E-state index contributed by atoms with van der Waals surface area (Å²) in [4.78, 5) is 2.72. The van der Waals surface area contributed by atoms with Crippen molar-refractivity contribution < 1.29 is 4.98 Å². The third-order valence-electron chi connectivity index (χ3n) is 1.28. The number of pyridine rings is 1. The number of nitrogen functional groups attached to an aromatic ring is 1. The van der Waals surface area contributed by atoms with E-state index < -0.39 is 0 Å². The number of aromatic amines is 1. The van der Waals surface area contributed by atoms with E-state index in [4.69, 9.17) is 28.9 Å². The normalized spacial score (nSPS) is 9.90. The number of halogens is 2. The summed E-state index contributed by atoms with van der Waals surface area (Å²) in [5.74, 6) is 0.448. The average Bonchev–Trinajstić information content (AvgIpc) is 1.93. The maximum absolute atomic E-state index is 5.74. The molecule has 54 valence electrons. The summed E-state index contributed by atoms with van der Waals surface area (Å²) in [6, 6.07) is 0. The van der Waals surface area contributed by atoms with Crippen molar-refractivity contribution in [2.75, 3.05) is 5.73 Å². The van der Waals surface area contributed by atoms with Crippen molar-refractivity contribution in [2.24, 2.45) is 0 Å². The Labute approximate surface area is 69.0 Å². The Morgan fingerprint density at radius 1 is 1.50 bits per heavy atom. The monoisotopic (exact) mass is 177 g/mol. The van der Waals surface area contributed by atoms with Gasteiger partial charge in [-0.25, -0.2) is 4.98 Å². The minimum absolute atomic E-state index is 0.448. The molecular weight excluding hydrogens is 171 g/mol. The van der Waals surface area contributed by atoms with Crippen LogP contribution in [0.3, 0.4) is 0 Å². The maximum atomic E-state index is 5.74. The van der Waals surface area contributed by atoms with E-state index in [2.05, 4.69) is 4.98 Å². The summed E-state index contributed by atoms with van der Waals surface area (Å²) in [6.07, 6.45) is 1.61. The van der Waals surface area contributed by atoms with Crippen LogP contribution in [0.1, 0.15) is 5.56 Å². The molecule has 1 aromatic rings. The molecule has 10 heavy (non-hydrogen) atoms. The zero-order valence-corrected chi connectivity index (χ0v) is 6.92. The van der Waals surface area contributed by atoms with Gasteiger partial charge in [-0.15, -0.1) is 0 Å². The fourth-order valence-electron chi connectivity index (χ4n) is 0.620. The molecule has 0 aromatic carbocycles. The SMILES string of the molecule is Cc1c(Cl)c[nH+]c(N)c1Cl. The zero-order valence-electron chi connectivity index (χ0n) is 5.41. The molecule has 4 heteroatoms. The van der Waals surface area contributed by atoms with Crippen LogP contribution in [-0.4, -0.2) is 0 Å². The van der Waals surface area contributed by atoms with E-state index in [1.807, 2.05) is 6.92 Å². The van der Waals surface area contributed by atoms with Gasteiger partial charge in [0, 0.05) is 0 Å². The lowest BCUT2D eigenvalue weighted by Crippen LogP contribution is -2.10. The van der Waals surface area contributed by atoms with Crippen molar-refractivity contribution >= 4 is 29.0 Å². The smallest absolute Gasteiger partial charge is 0.286 e. The van der Waals surface area contributed by atoms with Gasteiger partial charge in [0.25, 0.3) is 5.82 Å². The Hall–Kier alpha value is -0.470. The molecule has 0 unspecified atom stereocenters. The molecule has 3 N–H and O–H groups in total. The van der Waals surface area contributed by atoms with Gasteiger partial charge < -0.3 is 0 Å². The van der Waals surface area contributed by atoms with Crippen LogP contribution >= 0.6 is 23.2 Å². The zero-order chi connectivity index (χ0) is 7.72. The highest BCUT2D eigenvalue weighted by Crippen LogP contribution is 2.23. The first-order valence-corrected chi connectivity index (χ1v) is 3.50. The highest BCUT2D eigenvalue weighted by molar-refractivity contribution is 6.36. The summed E-state index contributed by atoms with van der Waals surface area (Å²) in [7, 11) is 0. The second kappa shape index (κ2) is 2.64. The molecule has 0 amide bonds. The minimum Gasteiger partial charge on any atom is -0.286 e.